The number of fused-ring (bicyclic) bond motifs is 1. The third-order valence-corrected chi connectivity index (χ3v) is 5.58. The lowest BCUT2D eigenvalue weighted by Crippen LogP contribution is -2.32. The first-order valence-electron chi connectivity index (χ1n) is 12.9. The van der Waals surface area contributed by atoms with E-state index in [9.17, 15) is 0 Å². The van der Waals surface area contributed by atoms with E-state index >= 15 is 0 Å². The van der Waals surface area contributed by atoms with Crippen LogP contribution < -0.4 is 0 Å². The van der Waals surface area contributed by atoms with E-state index in [1.807, 2.05) is 57.2 Å². The van der Waals surface area contributed by atoms with E-state index in [-0.39, 0.29) is 0 Å². The van der Waals surface area contributed by atoms with E-state index in [1.165, 1.54) is 38.7 Å². The van der Waals surface area contributed by atoms with Crippen LogP contribution in [-0.2, 0) is 4.74 Å². The number of aromatic nitrogens is 5. The van der Waals surface area contributed by atoms with Crippen LogP contribution in [0.3, 0.4) is 0 Å². The van der Waals surface area contributed by atoms with E-state index in [4.69, 9.17) is 9.15 Å². The van der Waals surface area contributed by atoms with Gasteiger partial charge in [0, 0.05) is 19.3 Å². The van der Waals surface area contributed by atoms with Crippen molar-refractivity contribution in [3.05, 3.63) is 72.5 Å². The van der Waals surface area contributed by atoms with Gasteiger partial charge in [-0.15, -0.1) is 0 Å². The Bertz CT molecular complexity index is 1010. The number of ether oxygens (including phenoxy) is 1. The first kappa shape index (κ1) is 30.1. The van der Waals surface area contributed by atoms with Gasteiger partial charge in [0.15, 0.2) is 0 Å². The molecular formula is C28H43N7O2. The number of para-hydroxylation sites is 2. The van der Waals surface area contributed by atoms with Gasteiger partial charge in [-0.05, 0) is 85.1 Å². The molecule has 6 rings (SSSR count). The molecule has 4 aromatic rings. The van der Waals surface area contributed by atoms with Crippen LogP contribution in [0.1, 0.15) is 36.5 Å². The smallest absolute Gasteiger partial charge is 0.137 e. The molecule has 9 nitrogen and oxygen atoms in total. The fourth-order valence-corrected chi connectivity index (χ4v) is 3.38. The molecule has 2 aliphatic rings. The van der Waals surface area contributed by atoms with Crippen LogP contribution in [0.5, 0.6) is 0 Å². The maximum absolute atomic E-state index is 5.10. The van der Waals surface area contributed by atoms with Crippen molar-refractivity contribution in [2.24, 2.45) is 0 Å². The number of nitrogens with zero attached hydrogens (tertiary/aromatic N) is 6. The maximum atomic E-state index is 5.10. The third kappa shape index (κ3) is 14.3. The summed E-state index contributed by atoms with van der Waals surface area (Å²) < 4.78 is 9.93. The SMILES string of the molecule is CN1CCCCC1.CN1CCOCC1.Cc1ccco1.Cc1cnc2ccccc2n1.Cc1ncn[nH]1. The summed E-state index contributed by atoms with van der Waals surface area (Å²) in [7, 11) is 4.31. The van der Waals surface area contributed by atoms with Gasteiger partial charge in [-0.3, -0.25) is 10.1 Å². The number of nitrogens with one attached hydrogen (secondary N) is 1. The Kier molecular flexibility index (Phi) is 14.8. The number of hydrogen-bond donors (Lipinski definition) is 1. The highest BCUT2D eigenvalue weighted by molar-refractivity contribution is 5.73. The number of piperidine rings is 1. The number of rotatable bonds is 0. The third-order valence-electron chi connectivity index (χ3n) is 5.58. The molecule has 3 aromatic heterocycles. The molecule has 0 amide bonds. The fourth-order valence-electron chi connectivity index (χ4n) is 3.38. The number of H-pyrrole nitrogens is 1. The van der Waals surface area contributed by atoms with Gasteiger partial charge in [-0.25, -0.2) is 9.97 Å². The van der Waals surface area contributed by atoms with Gasteiger partial charge in [0.05, 0.1) is 36.2 Å². The van der Waals surface area contributed by atoms with Crippen molar-refractivity contribution < 1.29 is 9.15 Å². The van der Waals surface area contributed by atoms with Crippen LogP contribution >= 0.6 is 0 Å². The van der Waals surface area contributed by atoms with Gasteiger partial charge in [0.2, 0.25) is 0 Å². The Balaban J connectivity index is 0.000000167. The summed E-state index contributed by atoms with van der Waals surface area (Å²) in [6.07, 6.45) is 9.20. The number of likely N-dealkylation sites (tertiary alicyclic amines) is 1. The largest absolute Gasteiger partial charge is 0.470 e. The molecule has 5 heterocycles. The molecule has 1 aromatic carbocycles. The van der Waals surface area contributed by atoms with Crippen LogP contribution in [-0.4, -0.2) is 88.4 Å². The van der Waals surface area contributed by atoms with Crippen molar-refractivity contribution >= 4 is 11.0 Å². The van der Waals surface area contributed by atoms with Gasteiger partial charge in [-0.1, -0.05) is 18.6 Å². The minimum Gasteiger partial charge on any atom is -0.470 e. The van der Waals surface area contributed by atoms with Crippen molar-refractivity contribution in [3.8, 4) is 0 Å². The second kappa shape index (κ2) is 18.2. The summed E-state index contributed by atoms with van der Waals surface area (Å²) in [5.41, 5.74) is 2.88. The Labute approximate surface area is 221 Å². The molecule has 2 fully saturated rings. The Morgan fingerprint density at radius 1 is 0.784 bits per heavy atom. The van der Waals surface area contributed by atoms with E-state index < -0.39 is 0 Å². The highest BCUT2D eigenvalue weighted by Gasteiger charge is 2.03. The second-order valence-corrected chi connectivity index (χ2v) is 9.07. The Hall–Kier alpha value is -3.14. The number of morpholine rings is 1. The lowest BCUT2D eigenvalue weighted by molar-refractivity contribution is 0.0503. The second-order valence-electron chi connectivity index (χ2n) is 9.07. The van der Waals surface area contributed by atoms with Crippen molar-refractivity contribution in [2.75, 3.05) is 53.5 Å². The highest BCUT2D eigenvalue weighted by Crippen LogP contribution is 2.07. The average Bonchev–Trinajstić information content (AvgIpc) is 3.60. The van der Waals surface area contributed by atoms with Gasteiger partial charge < -0.3 is 19.0 Å². The summed E-state index contributed by atoms with van der Waals surface area (Å²) in [5, 5.41) is 6.22. The van der Waals surface area contributed by atoms with Crippen molar-refractivity contribution in [1.82, 2.24) is 34.9 Å². The molecule has 1 N–H and O–H groups in total. The number of benzene rings is 1. The van der Waals surface area contributed by atoms with Gasteiger partial charge in [0.25, 0.3) is 0 Å². The van der Waals surface area contributed by atoms with E-state index in [0.717, 1.165) is 54.6 Å². The lowest BCUT2D eigenvalue weighted by atomic mass is 10.1. The minimum absolute atomic E-state index is 0.856. The van der Waals surface area contributed by atoms with Crippen molar-refractivity contribution in [2.45, 2.75) is 40.0 Å². The molecule has 0 atom stereocenters. The van der Waals surface area contributed by atoms with E-state index in [0.29, 0.717) is 0 Å². The normalized spacial score (nSPS) is 15.5. The molecule has 0 unspecified atom stereocenters. The highest BCUT2D eigenvalue weighted by atomic mass is 16.5. The number of likely N-dealkylation sites (N-methyl/N-ethyl adjacent to an activating group) is 1. The first-order chi connectivity index (χ1) is 17.9. The molecule has 2 aliphatic heterocycles. The first-order valence-corrected chi connectivity index (χ1v) is 12.9. The molecule has 0 radical (unpaired) electrons. The number of furan rings is 1. The van der Waals surface area contributed by atoms with Crippen molar-refractivity contribution in [1.29, 1.82) is 0 Å². The van der Waals surface area contributed by atoms with Crippen LogP contribution in [0, 0.1) is 20.8 Å². The Morgan fingerprint density at radius 2 is 1.46 bits per heavy atom. The van der Waals surface area contributed by atoms with Crippen LogP contribution in [0.25, 0.3) is 11.0 Å². The average molecular weight is 510 g/mol. The summed E-state index contributed by atoms with van der Waals surface area (Å²) in [5.74, 6) is 1.82. The molecule has 0 bridgehead atoms. The topological polar surface area (TPSA) is 96.2 Å². The van der Waals surface area contributed by atoms with Gasteiger partial charge in [0.1, 0.15) is 17.9 Å². The molecule has 0 saturated carbocycles. The van der Waals surface area contributed by atoms with Crippen LogP contribution in [0.4, 0.5) is 0 Å². The van der Waals surface area contributed by atoms with E-state index in [1.54, 1.807) is 12.5 Å². The zero-order chi connectivity index (χ0) is 26.7. The maximum Gasteiger partial charge on any atom is 0.137 e. The summed E-state index contributed by atoms with van der Waals surface area (Å²) in [6, 6.07) is 11.6. The van der Waals surface area contributed by atoms with Gasteiger partial charge in [-0.2, -0.15) is 5.10 Å². The van der Waals surface area contributed by atoms with E-state index in [2.05, 4.69) is 49.0 Å². The molecule has 202 valence electrons. The summed E-state index contributed by atoms with van der Waals surface area (Å²) in [6.45, 7) is 12.4. The van der Waals surface area contributed by atoms with Gasteiger partial charge >= 0.3 is 0 Å². The molecule has 2 saturated heterocycles. The standard InChI is InChI=1S/C9H8N2.C6H13N.C5H11NO.C5H6O.C3H5N3/c1-7-6-10-8-4-2-3-5-9(8)11-7;1-7-5-3-2-4-6-7;1-6-2-4-7-5-3-6;1-5-3-2-4-6-5;1-3-4-2-5-6-3/h2-6H,1H3;2-6H2,1H3;2-5H2,1H3;2-4H,1H3;2H,1H3,(H,4,5,6). The Morgan fingerprint density at radius 3 is 1.86 bits per heavy atom. The number of hydrogen-bond acceptors (Lipinski definition) is 8. The lowest BCUT2D eigenvalue weighted by Gasteiger charge is -2.21. The zero-order valence-corrected chi connectivity index (χ0v) is 23.1. The van der Waals surface area contributed by atoms with Crippen LogP contribution in [0.15, 0.2) is 59.6 Å². The summed E-state index contributed by atoms with van der Waals surface area (Å²) in [4.78, 5) is 16.9. The quantitative estimate of drug-likeness (QED) is 0.365. The zero-order valence-electron chi connectivity index (χ0n) is 23.1. The molecule has 0 aliphatic carbocycles. The predicted molar refractivity (Wildman–Crippen MR) is 149 cm³/mol. The molecule has 0 spiro atoms. The summed E-state index contributed by atoms with van der Waals surface area (Å²) >= 11 is 0. The predicted octanol–water partition coefficient (Wildman–Crippen LogP) is 4.69. The number of aryl methyl sites for hydroxylation is 3. The monoisotopic (exact) mass is 509 g/mol. The fraction of sp³-hybridized carbons (Fsp3) is 0.500. The van der Waals surface area contributed by atoms with Crippen molar-refractivity contribution in [3.63, 3.8) is 0 Å². The van der Waals surface area contributed by atoms with Crippen LogP contribution in [0.2, 0.25) is 0 Å². The molecular weight excluding hydrogens is 466 g/mol. The number of aromatic amines is 1. The molecule has 9 heteroatoms. The minimum atomic E-state index is 0.856. The molecule has 37 heavy (non-hydrogen) atoms.